The maximum Gasteiger partial charge on any atom is 0.282 e. The van der Waals surface area contributed by atoms with Crippen LogP contribution >= 0.6 is 24.0 Å². The number of carbonyl (C=O) groups is 2. The minimum atomic E-state index is -0.300. The highest BCUT2D eigenvalue weighted by Gasteiger charge is 2.23. The largest absolute Gasteiger partial charge is 0.331 e. The molecule has 0 atom stereocenters. The van der Waals surface area contributed by atoms with Gasteiger partial charge in [0.25, 0.3) is 11.1 Å². The van der Waals surface area contributed by atoms with E-state index < -0.39 is 0 Å². The fraction of sp³-hybridized carbons (Fsp3) is 0.400. The number of nitrogens with zero attached hydrogens (tertiary/aromatic N) is 1. The minimum absolute atomic E-state index is 0.0338. The molecule has 1 aromatic carbocycles. The van der Waals surface area contributed by atoms with Crippen LogP contribution in [0.1, 0.15) is 18.1 Å². The molecule has 1 aromatic rings. The Bertz CT molecular complexity index is 621. The van der Waals surface area contributed by atoms with Gasteiger partial charge >= 0.3 is 0 Å². The van der Waals surface area contributed by atoms with Gasteiger partial charge < -0.3 is 10.2 Å². The molecular weight excluding hydrogens is 332 g/mol. The number of para-hydroxylation sites is 1. The van der Waals surface area contributed by atoms with E-state index >= 15 is 0 Å². The lowest BCUT2D eigenvalue weighted by atomic mass is 10.1. The van der Waals surface area contributed by atoms with E-state index in [4.69, 9.17) is 12.2 Å². The second kappa shape index (κ2) is 8.16. The predicted octanol–water partition coefficient (Wildman–Crippen LogP) is 2.04. The van der Waals surface area contributed by atoms with E-state index in [-0.39, 0.29) is 17.7 Å². The first kappa shape index (κ1) is 17.6. The maximum absolute atomic E-state index is 11.8. The first-order valence-corrected chi connectivity index (χ1v) is 8.76. The number of thiocarbonyl (C=S) groups is 1. The van der Waals surface area contributed by atoms with Gasteiger partial charge in [-0.3, -0.25) is 20.4 Å². The molecular formula is C15H20N4O2S2. The molecule has 0 spiro atoms. The molecule has 1 saturated heterocycles. The zero-order chi connectivity index (χ0) is 16.8. The molecule has 0 unspecified atom stereocenters. The van der Waals surface area contributed by atoms with E-state index in [2.05, 4.69) is 23.1 Å². The third-order valence-corrected chi connectivity index (χ3v) is 4.57. The monoisotopic (exact) mass is 352 g/mol. The Morgan fingerprint density at radius 1 is 1.39 bits per heavy atom. The van der Waals surface area contributed by atoms with E-state index in [0.29, 0.717) is 11.7 Å². The number of aryl methyl sites for hydroxylation is 2. The van der Waals surface area contributed by atoms with Crippen molar-refractivity contribution >= 4 is 45.9 Å². The number of thioether (sulfide) groups is 1. The molecule has 0 bridgehead atoms. The summed E-state index contributed by atoms with van der Waals surface area (Å²) < 4.78 is 0. The lowest BCUT2D eigenvalue weighted by Gasteiger charge is -2.17. The number of benzene rings is 1. The number of anilines is 1. The molecule has 1 fully saturated rings. The third kappa shape index (κ3) is 4.84. The second-order valence-corrected chi connectivity index (χ2v) is 6.58. The van der Waals surface area contributed by atoms with Crippen molar-refractivity contribution in [3.8, 4) is 0 Å². The van der Waals surface area contributed by atoms with Gasteiger partial charge in [0, 0.05) is 18.0 Å². The summed E-state index contributed by atoms with van der Waals surface area (Å²) in [7, 11) is 0. The molecule has 0 saturated carbocycles. The van der Waals surface area contributed by atoms with Gasteiger partial charge in [0.2, 0.25) is 0 Å². The number of hydrogen-bond acceptors (Lipinski definition) is 4. The number of nitrogens with one attached hydrogen (secondary N) is 3. The van der Waals surface area contributed by atoms with Gasteiger partial charge in [-0.25, -0.2) is 0 Å². The Kier molecular flexibility index (Phi) is 6.23. The molecule has 3 N–H and O–H groups in total. The van der Waals surface area contributed by atoms with Crippen LogP contribution in [0.15, 0.2) is 18.2 Å². The quantitative estimate of drug-likeness (QED) is 0.569. The zero-order valence-corrected chi connectivity index (χ0v) is 14.8. The van der Waals surface area contributed by atoms with E-state index in [1.54, 1.807) is 0 Å². The predicted molar refractivity (Wildman–Crippen MR) is 97.5 cm³/mol. The molecule has 6 nitrogen and oxygen atoms in total. The summed E-state index contributed by atoms with van der Waals surface area (Å²) >= 11 is 6.43. The fourth-order valence-electron chi connectivity index (χ4n) is 2.26. The summed E-state index contributed by atoms with van der Waals surface area (Å²) in [4.78, 5) is 24.8. The summed E-state index contributed by atoms with van der Waals surface area (Å²) in [5.41, 5.74) is 8.37. The Morgan fingerprint density at radius 3 is 2.83 bits per heavy atom. The topological polar surface area (TPSA) is 73.5 Å². The van der Waals surface area contributed by atoms with Crippen LogP contribution in [0.25, 0.3) is 0 Å². The first-order chi connectivity index (χ1) is 11.0. The Labute approximate surface area is 145 Å². The van der Waals surface area contributed by atoms with Gasteiger partial charge in [0.05, 0.1) is 0 Å². The van der Waals surface area contributed by atoms with Crippen LogP contribution in [0.5, 0.6) is 0 Å². The Balaban J connectivity index is 1.83. The summed E-state index contributed by atoms with van der Waals surface area (Å²) in [5.74, 6) is 0.428. The fourth-order valence-corrected chi connectivity index (χ4v) is 3.23. The van der Waals surface area contributed by atoms with Crippen molar-refractivity contribution in [1.82, 2.24) is 15.8 Å². The number of hydrogen-bond donors (Lipinski definition) is 3. The number of rotatable bonds is 4. The second-order valence-electron chi connectivity index (χ2n) is 5.13. The lowest BCUT2D eigenvalue weighted by Crippen LogP contribution is -2.48. The third-order valence-electron chi connectivity index (χ3n) is 3.47. The molecule has 8 heteroatoms. The highest BCUT2D eigenvalue weighted by Crippen LogP contribution is 2.20. The summed E-state index contributed by atoms with van der Waals surface area (Å²) in [6, 6.07) is 6.04. The van der Waals surface area contributed by atoms with Crippen molar-refractivity contribution in [3.63, 3.8) is 0 Å². The van der Waals surface area contributed by atoms with Crippen LogP contribution in [-0.4, -0.2) is 40.0 Å². The average molecular weight is 352 g/mol. The SMILES string of the molecule is CCc1cccc(C)c1NC(=S)NNC(=O)CN1CCSC1=O. The van der Waals surface area contributed by atoms with Crippen LogP contribution in [0.2, 0.25) is 0 Å². The summed E-state index contributed by atoms with van der Waals surface area (Å²) in [5, 5.41) is 3.36. The van der Waals surface area contributed by atoms with Crippen molar-refractivity contribution in [2.75, 3.05) is 24.2 Å². The van der Waals surface area contributed by atoms with Gasteiger partial charge in [0.1, 0.15) is 6.54 Å². The molecule has 1 aliphatic rings. The van der Waals surface area contributed by atoms with Crippen LogP contribution < -0.4 is 16.2 Å². The molecule has 0 aliphatic carbocycles. The molecule has 2 amide bonds. The molecule has 2 rings (SSSR count). The molecule has 23 heavy (non-hydrogen) atoms. The van der Waals surface area contributed by atoms with Crippen LogP contribution in [0.3, 0.4) is 0 Å². The van der Waals surface area contributed by atoms with E-state index in [1.807, 2.05) is 25.1 Å². The maximum atomic E-state index is 11.8. The smallest absolute Gasteiger partial charge is 0.282 e. The highest BCUT2D eigenvalue weighted by atomic mass is 32.2. The molecule has 124 valence electrons. The molecule has 1 heterocycles. The van der Waals surface area contributed by atoms with Crippen molar-refractivity contribution in [2.24, 2.45) is 0 Å². The van der Waals surface area contributed by atoms with Gasteiger partial charge in [-0.1, -0.05) is 36.9 Å². The summed E-state index contributed by atoms with van der Waals surface area (Å²) in [6.45, 7) is 4.71. The van der Waals surface area contributed by atoms with Gasteiger partial charge in [-0.2, -0.15) is 0 Å². The van der Waals surface area contributed by atoms with Gasteiger partial charge in [-0.15, -0.1) is 0 Å². The van der Waals surface area contributed by atoms with E-state index in [9.17, 15) is 9.59 Å². The normalized spacial score (nSPS) is 13.8. The van der Waals surface area contributed by atoms with Gasteiger partial charge in [-0.05, 0) is 36.7 Å². The van der Waals surface area contributed by atoms with Crippen molar-refractivity contribution < 1.29 is 9.59 Å². The minimum Gasteiger partial charge on any atom is -0.331 e. The molecule has 0 radical (unpaired) electrons. The summed E-state index contributed by atoms with van der Waals surface area (Å²) in [6.07, 6.45) is 0.883. The number of hydrazine groups is 1. The molecule has 0 aromatic heterocycles. The van der Waals surface area contributed by atoms with Crippen molar-refractivity contribution in [3.05, 3.63) is 29.3 Å². The first-order valence-electron chi connectivity index (χ1n) is 7.37. The number of amides is 2. The van der Waals surface area contributed by atoms with Crippen molar-refractivity contribution in [2.45, 2.75) is 20.3 Å². The van der Waals surface area contributed by atoms with Gasteiger partial charge in [0.15, 0.2) is 5.11 Å². The van der Waals surface area contributed by atoms with Crippen LogP contribution in [-0.2, 0) is 11.2 Å². The Morgan fingerprint density at radius 2 is 2.17 bits per heavy atom. The standard InChI is InChI=1S/C15H20N4O2S2/c1-3-11-6-4-5-10(2)13(11)16-14(22)18-17-12(20)9-19-7-8-23-15(19)21/h4-6H,3,7-9H2,1-2H3,(H,17,20)(H2,16,18,22). The average Bonchev–Trinajstić information content (AvgIpc) is 2.92. The van der Waals surface area contributed by atoms with E-state index in [1.165, 1.54) is 16.7 Å². The zero-order valence-electron chi connectivity index (χ0n) is 13.1. The van der Waals surface area contributed by atoms with E-state index in [0.717, 1.165) is 29.0 Å². The Hall–Kier alpha value is -1.80. The van der Waals surface area contributed by atoms with Crippen molar-refractivity contribution in [1.29, 1.82) is 0 Å². The lowest BCUT2D eigenvalue weighted by molar-refractivity contribution is -0.122. The van der Waals surface area contributed by atoms with Crippen LogP contribution in [0, 0.1) is 6.92 Å². The number of carbonyl (C=O) groups excluding carboxylic acids is 2. The molecule has 1 aliphatic heterocycles. The highest BCUT2D eigenvalue weighted by molar-refractivity contribution is 8.13. The van der Waals surface area contributed by atoms with Crippen LogP contribution in [0.4, 0.5) is 10.5 Å².